The predicted octanol–water partition coefficient (Wildman–Crippen LogP) is 5.57. The summed E-state index contributed by atoms with van der Waals surface area (Å²) in [5.41, 5.74) is 2.70. The fraction of sp³-hybridized carbons (Fsp3) is 0.256. The van der Waals surface area contributed by atoms with Crippen LogP contribution in [0, 0.1) is 0 Å². The normalized spacial score (nSPS) is 14.3. The van der Waals surface area contributed by atoms with Gasteiger partial charge in [-0.3, -0.25) is 9.36 Å². The number of fused-ring (bicyclic) bond motifs is 2. The van der Waals surface area contributed by atoms with Gasteiger partial charge in [-0.1, -0.05) is 72.0 Å². The van der Waals surface area contributed by atoms with Gasteiger partial charge in [-0.25, -0.2) is 9.79 Å². The molecule has 50 heavy (non-hydrogen) atoms. The standard InChI is InChI=1S/C39H38N2O8S/c1-6-47-36-29(15-10-16-31(36)45-4)35-34(38(43)48-20-19-44-3)24(2)40-39-41(35)37(42)33(50-39)22-25-17-18-30(32(21-25)46-5)49-23-27-13-9-12-26-11-7-8-14-28(26)27/h7-18,21-22,35H,6,19-20,23H2,1-5H3/b33-22+/t35-/m1/s1. The molecule has 4 aromatic carbocycles. The van der Waals surface area contributed by atoms with Crippen molar-refractivity contribution in [2.24, 2.45) is 4.99 Å². The smallest absolute Gasteiger partial charge is 0.338 e. The molecule has 0 unspecified atom stereocenters. The maximum absolute atomic E-state index is 14.3. The van der Waals surface area contributed by atoms with Gasteiger partial charge < -0.3 is 28.4 Å². The van der Waals surface area contributed by atoms with Crippen molar-refractivity contribution in [3.63, 3.8) is 0 Å². The Hall–Kier alpha value is -5.39. The lowest BCUT2D eigenvalue weighted by atomic mass is 9.94. The molecular weight excluding hydrogens is 657 g/mol. The average molecular weight is 695 g/mol. The van der Waals surface area contributed by atoms with E-state index in [0.29, 0.717) is 56.8 Å². The summed E-state index contributed by atoms with van der Waals surface area (Å²) in [7, 11) is 4.65. The molecule has 0 amide bonds. The number of para-hydroxylation sites is 1. The molecule has 2 heterocycles. The number of aromatic nitrogens is 1. The number of esters is 1. The minimum Gasteiger partial charge on any atom is -0.493 e. The van der Waals surface area contributed by atoms with Crippen LogP contribution >= 0.6 is 11.3 Å². The lowest BCUT2D eigenvalue weighted by molar-refractivity contribution is -0.140. The number of ether oxygens (including phenoxy) is 6. The third kappa shape index (κ3) is 6.87. The van der Waals surface area contributed by atoms with Gasteiger partial charge in [0.05, 0.1) is 43.2 Å². The number of allylic oxidation sites excluding steroid dienone is 1. The van der Waals surface area contributed by atoms with Crippen LogP contribution in [0.5, 0.6) is 23.0 Å². The molecule has 1 atom stereocenters. The Morgan fingerprint density at radius 3 is 2.46 bits per heavy atom. The molecule has 0 aliphatic carbocycles. The molecule has 258 valence electrons. The fourth-order valence-electron chi connectivity index (χ4n) is 6.00. The summed E-state index contributed by atoms with van der Waals surface area (Å²) >= 11 is 1.23. The van der Waals surface area contributed by atoms with Crippen molar-refractivity contribution in [3.8, 4) is 23.0 Å². The molecule has 1 aliphatic rings. The van der Waals surface area contributed by atoms with Gasteiger partial charge in [0.2, 0.25) is 0 Å². The van der Waals surface area contributed by atoms with Gasteiger partial charge in [-0.15, -0.1) is 0 Å². The number of methoxy groups -OCH3 is 3. The van der Waals surface area contributed by atoms with Crippen LogP contribution in [0.25, 0.3) is 16.8 Å². The van der Waals surface area contributed by atoms with E-state index in [1.807, 2.05) is 55.5 Å². The molecule has 0 fully saturated rings. The molecular formula is C39H38N2O8S. The summed E-state index contributed by atoms with van der Waals surface area (Å²) in [5.74, 6) is 1.41. The first kappa shape index (κ1) is 34.5. The van der Waals surface area contributed by atoms with E-state index < -0.39 is 12.0 Å². The van der Waals surface area contributed by atoms with Crippen molar-refractivity contribution in [3.05, 3.63) is 127 Å². The zero-order valence-electron chi connectivity index (χ0n) is 28.6. The van der Waals surface area contributed by atoms with E-state index in [2.05, 4.69) is 18.2 Å². The summed E-state index contributed by atoms with van der Waals surface area (Å²) < 4.78 is 36.2. The van der Waals surface area contributed by atoms with Crippen molar-refractivity contribution in [2.45, 2.75) is 26.5 Å². The van der Waals surface area contributed by atoms with Crippen LogP contribution in [0.15, 0.2) is 99.9 Å². The van der Waals surface area contributed by atoms with Crippen LogP contribution in [0.2, 0.25) is 0 Å². The van der Waals surface area contributed by atoms with Crippen molar-refractivity contribution in [2.75, 3.05) is 41.2 Å². The number of carbonyl (C=O) groups excluding carboxylic acids is 1. The van der Waals surface area contributed by atoms with E-state index in [1.54, 1.807) is 39.4 Å². The van der Waals surface area contributed by atoms with Gasteiger partial charge in [-0.05, 0) is 60.0 Å². The number of carbonyl (C=O) groups is 1. The highest BCUT2D eigenvalue weighted by Crippen LogP contribution is 2.41. The third-order valence-electron chi connectivity index (χ3n) is 8.32. The second-order valence-corrected chi connectivity index (χ2v) is 12.4. The molecule has 1 aromatic heterocycles. The summed E-state index contributed by atoms with van der Waals surface area (Å²) in [5, 5.41) is 2.27. The Balaban J connectivity index is 1.40. The first-order chi connectivity index (χ1) is 24.4. The quantitative estimate of drug-likeness (QED) is 0.116. The molecule has 5 aromatic rings. The third-order valence-corrected chi connectivity index (χ3v) is 9.31. The Bertz CT molecular complexity index is 2250. The Kier molecular flexibility index (Phi) is 10.6. The minimum atomic E-state index is -0.889. The van der Waals surface area contributed by atoms with Gasteiger partial charge >= 0.3 is 5.97 Å². The van der Waals surface area contributed by atoms with E-state index in [-0.39, 0.29) is 24.3 Å². The number of rotatable bonds is 13. The molecule has 0 N–H and O–H groups in total. The molecule has 10 nitrogen and oxygen atoms in total. The van der Waals surface area contributed by atoms with Gasteiger partial charge in [0.1, 0.15) is 19.3 Å². The lowest BCUT2D eigenvalue weighted by Gasteiger charge is -2.27. The van der Waals surface area contributed by atoms with Gasteiger partial charge in [0, 0.05) is 12.7 Å². The van der Waals surface area contributed by atoms with Crippen LogP contribution in [0.3, 0.4) is 0 Å². The van der Waals surface area contributed by atoms with Crippen LogP contribution in [0.4, 0.5) is 0 Å². The number of nitrogens with zero attached hydrogens (tertiary/aromatic N) is 2. The monoisotopic (exact) mass is 694 g/mol. The average Bonchev–Trinajstić information content (AvgIpc) is 3.43. The lowest BCUT2D eigenvalue weighted by Crippen LogP contribution is -2.40. The van der Waals surface area contributed by atoms with Crippen molar-refractivity contribution in [1.82, 2.24) is 4.57 Å². The highest BCUT2D eigenvalue weighted by molar-refractivity contribution is 7.07. The van der Waals surface area contributed by atoms with Crippen molar-refractivity contribution in [1.29, 1.82) is 0 Å². The summed E-state index contributed by atoms with van der Waals surface area (Å²) in [6.07, 6.45) is 1.78. The molecule has 0 radical (unpaired) electrons. The zero-order valence-corrected chi connectivity index (χ0v) is 29.4. The van der Waals surface area contributed by atoms with Crippen LogP contribution < -0.4 is 33.8 Å². The fourth-order valence-corrected chi connectivity index (χ4v) is 7.05. The summed E-state index contributed by atoms with van der Waals surface area (Å²) in [6.45, 7) is 4.57. The maximum atomic E-state index is 14.3. The molecule has 0 spiro atoms. The molecule has 1 aliphatic heterocycles. The van der Waals surface area contributed by atoms with E-state index in [1.165, 1.54) is 23.0 Å². The van der Waals surface area contributed by atoms with Crippen molar-refractivity contribution >= 4 is 34.2 Å². The van der Waals surface area contributed by atoms with E-state index in [9.17, 15) is 9.59 Å². The first-order valence-electron chi connectivity index (χ1n) is 16.1. The molecule has 6 rings (SSSR count). The number of thiazole rings is 1. The van der Waals surface area contributed by atoms with E-state index in [0.717, 1.165) is 21.9 Å². The van der Waals surface area contributed by atoms with E-state index in [4.69, 9.17) is 33.4 Å². The molecule has 0 saturated heterocycles. The highest BCUT2D eigenvalue weighted by Gasteiger charge is 2.36. The molecule has 0 saturated carbocycles. The Morgan fingerprint density at radius 1 is 0.900 bits per heavy atom. The second-order valence-electron chi connectivity index (χ2n) is 11.4. The maximum Gasteiger partial charge on any atom is 0.338 e. The minimum absolute atomic E-state index is 0.0448. The van der Waals surface area contributed by atoms with Crippen molar-refractivity contribution < 1.29 is 33.2 Å². The Morgan fingerprint density at radius 2 is 1.68 bits per heavy atom. The zero-order chi connectivity index (χ0) is 35.2. The first-order valence-corrected chi connectivity index (χ1v) is 17.0. The predicted molar refractivity (Wildman–Crippen MR) is 192 cm³/mol. The van der Waals surface area contributed by atoms with Gasteiger partial charge in [0.25, 0.3) is 5.56 Å². The Labute approximate surface area is 293 Å². The number of hydrogen-bond acceptors (Lipinski definition) is 10. The highest BCUT2D eigenvalue weighted by atomic mass is 32.1. The number of benzene rings is 4. The SMILES string of the molecule is CCOc1c(OC)cccc1[C@@H]1C(C(=O)OCCOC)=C(C)N=c2s/c(=C/c3ccc(OCc4cccc5ccccc45)c(OC)c3)c(=O)n21. The molecule has 11 heteroatoms. The van der Waals surface area contributed by atoms with Gasteiger partial charge in [0.15, 0.2) is 27.8 Å². The van der Waals surface area contributed by atoms with E-state index >= 15 is 0 Å². The largest absolute Gasteiger partial charge is 0.493 e. The van der Waals surface area contributed by atoms with Crippen LogP contribution in [-0.4, -0.2) is 51.7 Å². The topological polar surface area (TPSA) is 107 Å². The van der Waals surface area contributed by atoms with Gasteiger partial charge in [-0.2, -0.15) is 0 Å². The van der Waals surface area contributed by atoms with Crippen LogP contribution in [-0.2, 0) is 20.9 Å². The summed E-state index contributed by atoms with van der Waals surface area (Å²) in [6, 6.07) is 24.3. The second kappa shape index (κ2) is 15.4. The summed E-state index contributed by atoms with van der Waals surface area (Å²) in [4.78, 5) is 33.1. The molecule has 0 bridgehead atoms. The van der Waals surface area contributed by atoms with Crippen LogP contribution in [0.1, 0.15) is 36.6 Å². The number of hydrogen-bond donors (Lipinski definition) is 0.